The standard InChI is InChI=1S/C24H27N5O4S/c1-24(2,3)17-14-34-23(25-17)27-21(32)15-9-12-29-18(13-15)26-20(28-10-5-4-6-11-28)16(22(29)33)7-8-19(30)31/h7-9,12-14H,4-6,10-11H2,1-3H3,(H,30,31)(H,25,27,32). The highest BCUT2D eigenvalue weighted by Crippen LogP contribution is 2.27. The quantitative estimate of drug-likeness (QED) is 0.533. The average molecular weight is 482 g/mol. The Labute approximate surface area is 200 Å². The number of amides is 1. The molecular weight excluding hydrogens is 454 g/mol. The Bertz CT molecular complexity index is 1330. The zero-order valence-electron chi connectivity index (χ0n) is 19.4. The molecule has 1 fully saturated rings. The normalized spacial score (nSPS) is 14.6. The van der Waals surface area contributed by atoms with Gasteiger partial charge in [0.1, 0.15) is 11.5 Å². The number of carboxylic acids is 1. The van der Waals surface area contributed by atoms with Crippen molar-refractivity contribution >= 4 is 45.9 Å². The predicted molar refractivity (Wildman–Crippen MR) is 133 cm³/mol. The molecule has 0 aliphatic carbocycles. The number of carboxylic acid groups (broad SMARTS) is 1. The van der Waals surface area contributed by atoms with Crippen LogP contribution in [-0.4, -0.2) is 44.4 Å². The second kappa shape index (κ2) is 9.38. The molecule has 1 aliphatic rings. The SMILES string of the molecule is CC(C)(C)c1csc(NC(=O)c2ccn3c(=O)c(C=CC(=O)O)c(N4CCCCC4)nc3c2)n1. The average Bonchev–Trinajstić information content (AvgIpc) is 3.27. The number of piperidine rings is 1. The number of carbonyl (C=O) groups excluding carboxylic acids is 1. The van der Waals surface area contributed by atoms with Gasteiger partial charge in [-0.15, -0.1) is 11.3 Å². The minimum atomic E-state index is -1.14. The number of aliphatic carboxylic acids is 1. The zero-order valence-corrected chi connectivity index (χ0v) is 20.2. The smallest absolute Gasteiger partial charge is 0.328 e. The molecule has 0 atom stereocenters. The van der Waals surface area contributed by atoms with Gasteiger partial charge >= 0.3 is 5.97 Å². The number of nitrogens with one attached hydrogen (secondary N) is 1. The number of pyridine rings is 1. The molecule has 0 saturated carbocycles. The number of carbonyl (C=O) groups is 2. The number of hydrogen-bond donors (Lipinski definition) is 2. The third-order valence-electron chi connectivity index (χ3n) is 5.65. The number of anilines is 2. The van der Waals surface area contributed by atoms with Gasteiger partial charge in [-0.3, -0.25) is 19.3 Å². The maximum atomic E-state index is 13.2. The van der Waals surface area contributed by atoms with Gasteiger partial charge in [-0.25, -0.2) is 14.8 Å². The van der Waals surface area contributed by atoms with Gasteiger partial charge in [-0.2, -0.15) is 0 Å². The number of thiazole rings is 1. The van der Waals surface area contributed by atoms with Crippen molar-refractivity contribution < 1.29 is 14.7 Å². The van der Waals surface area contributed by atoms with Crippen molar-refractivity contribution in [2.24, 2.45) is 0 Å². The van der Waals surface area contributed by atoms with Gasteiger partial charge in [-0.1, -0.05) is 20.8 Å². The molecule has 0 bridgehead atoms. The summed E-state index contributed by atoms with van der Waals surface area (Å²) in [6.07, 6.45) is 6.76. The molecule has 9 nitrogen and oxygen atoms in total. The molecule has 4 heterocycles. The molecule has 0 aromatic carbocycles. The van der Waals surface area contributed by atoms with Crippen LogP contribution in [0.5, 0.6) is 0 Å². The molecule has 3 aromatic heterocycles. The molecule has 0 spiro atoms. The molecular formula is C24H27N5O4S. The zero-order chi connectivity index (χ0) is 24.5. The van der Waals surface area contributed by atoms with Crippen molar-refractivity contribution in [2.45, 2.75) is 45.4 Å². The highest BCUT2D eigenvalue weighted by atomic mass is 32.1. The molecule has 1 aliphatic heterocycles. The summed E-state index contributed by atoms with van der Waals surface area (Å²) in [5.41, 5.74) is 1.28. The lowest BCUT2D eigenvalue weighted by Crippen LogP contribution is -2.33. The minimum Gasteiger partial charge on any atom is -0.478 e. The van der Waals surface area contributed by atoms with E-state index in [9.17, 15) is 14.4 Å². The van der Waals surface area contributed by atoms with E-state index in [4.69, 9.17) is 5.11 Å². The number of nitrogens with zero attached hydrogens (tertiary/aromatic N) is 4. The van der Waals surface area contributed by atoms with E-state index in [1.807, 2.05) is 10.3 Å². The van der Waals surface area contributed by atoms with Crippen LogP contribution in [0.25, 0.3) is 11.7 Å². The fourth-order valence-electron chi connectivity index (χ4n) is 3.77. The molecule has 178 valence electrons. The van der Waals surface area contributed by atoms with Crippen LogP contribution < -0.4 is 15.8 Å². The van der Waals surface area contributed by atoms with Gasteiger partial charge < -0.3 is 10.0 Å². The predicted octanol–water partition coefficient (Wildman–Crippen LogP) is 3.79. The van der Waals surface area contributed by atoms with Gasteiger partial charge in [0.15, 0.2) is 5.13 Å². The van der Waals surface area contributed by atoms with Crippen molar-refractivity contribution in [3.05, 3.63) is 57.0 Å². The fraction of sp³-hybridized carbons (Fsp3) is 0.375. The van der Waals surface area contributed by atoms with Crippen LogP contribution in [0, 0.1) is 0 Å². The van der Waals surface area contributed by atoms with Gasteiger partial charge in [-0.05, 0) is 37.5 Å². The molecule has 4 rings (SSSR count). The van der Waals surface area contributed by atoms with Crippen molar-refractivity contribution in [1.82, 2.24) is 14.4 Å². The van der Waals surface area contributed by atoms with E-state index in [0.717, 1.165) is 44.1 Å². The summed E-state index contributed by atoms with van der Waals surface area (Å²) in [6, 6.07) is 3.10. The molecule has 1 saturated heterocycles. The molecule has 0 radical (unpaired) electrons. The molecule has 34 heavy (non-hydrogen) atoms. The van der Waals surface area contributed by atoms with Crippen LogP contribution in [0.15, 0.2) is 34.6 Å². The van der Waals surface area contributed by atoms with Crippen molar-refractivity contribution in [3.8, 4) is 0 Å². The number of rotatable bonds is 5. The van der Waals surface area contributed by atoms with E-state index in [-0.39, 0.29) is 22.4 Å². The maximum absolute atomic E-state index is 13.2. The lowest BCUT2D eigenvalue weighted by Gasteiger charge is -2.29. The Balaban J connectivity index is 1.71. The first kappa shape index (κ1) is 23.6. The van der Waals surface area contributed by atoms with Crippen LogP contribution in [-0.2, 0) is 10.2 Å². The number of hydrogen-bond acceptors (Lipinski definition) is 7. The second-order valence-corrected chi connectivity index (χ2v) is 10.1. The highest BCUT2D eigenvalue weighted by molar-refractivity contribution is 7.14. The van der Waals surface area contributed by atoms with E-state index in [1.165, 1.54) is 34.1 Å². The van der Waals surface area contributed by atoms with E-state index in [0.29, 0.717) is 22.2 Å². The van der Waals surface area contributed by atoms with E-state index in [2.05, 4.69) is 36.1 Å². The molecule has 3 aromatic rings. The third kappa shape index (κ3) is 5.01. The van der Waals surface area contributed by atoms with E-state index in [1.54, 1.807) is 6.07 Å². The monoisotopic (exact) mass is 481 g/mol. The van der Waals surface area contributed by atoms with Gasteiger partial charge in [0.25, 0.3) is 11.5 Å². The lowest BCUT2D eigenvalue weighted by atomic mass is 9.93. The lowest BCUT2D eigenvalue weighted by molar-refractivity contribution is -0.131. The Morgan fingerprint density at radius 3 is 2.56 bits per heavy atom. The summed E-state index contributed by atoms with van der Waals surface area (Å²) >= 11 is 1.36. The van der Waals surface area contributed by atoms with Crippen LogP contribution >= 0.6 is 11.3 Å². The maximum Gasteiger partial charge on any atom is 0.328 e. The first-order valence-corrected chi connectivity index (χ1v) is 12.0. The largest absolute Gasteiger partial charge is 0.478 e. The highest BCUT2D eigenvalue weighted by Gasteiger charge is 2.21. The summed E-state index contributed by atoms with van der Waals surface area (Å²) in [5, 5.41) is 14.3. The van der Waals surface area contributed by atoms with Crippen LogP contribution in [0.4, 0.5) is 10.9 Å². The van der Waals surface area contributed by atoms with Gasteiger partial charge in [0, 0.05) is 41.7 Å². The molecule has 10 heteroatoms. The van der Waals surface area contributed by atoms with E-state index < -0.39 is 5.97 Å². The first-order chi connectivity index (χ1) is 16.1. The second-order valence-electron chi connectivity index (χ2n) is 9.26. The molecule has 0 unspecified atom stereocenters. The Kier molecular flexibility index (Phi) is 6.52. The van der Waals surface area contributed by atoms with Crippen LogP contribution in [0.1, 0.15) is 61.6 Å². The summed E-state index contributed by atoms with van der Waals surface area (Å²) in [4.78, 5) is 48.4. The topological polar surface area (TPSA) is 117 Å². The number of aromatic nitrogens is 3. The summed E-state index contributed by atoms with van der Waals surface area (Å²) in [6.45, 7) is 7.63. The van der Waals surface area contributed by atoms with Gasteiger partial charge in [0.05, 0.1) is 11.3 Å². The fourth-order valence-corrected chi connectivity index (χ4v) is 4.71. The van der Waals surface area contributed by atoms with Crippen molar-refractivity contribution in [3.63, 3.8) is 0 Å². The van der Waals surface area contributed by atoms with Crippen LogP contribution in [0.3, 0.4) is 0 Å². The third-order valence-corrected chi connectivity index (χ3v) is 6.41. The van der Waals surface area contributed by atoms with Crippen LogP contribution in [0.2, 0.25) is 0 Å². The van der Waals surface area contributed by atoms with E-state index >= 15 is 0 Å². The summed E-state index contributed by atoms with van der Waals surface area (Å²) < 4.78 is 1.33. The molecule has 1 amide bonds. The Hall–Kier alpha value is -3.53. The summed E-state index contributed by atoms with van der Waals surface area (Å²) in [5.74, 6) is -1.05. The van der Waals surface area contributed by atoms with Gasteiger partial charge in [0.2, 0.25) is 0 Å². The number of fused-ring (bicyclic) bond motifs is 1. The Morgan fingerprint density at radius 2 is 1.91 bits per heavy atom. The van der Waals surface area contributed by atoms with Crippen molar-refractivity contribution in [2.75, 3.05) is 23.3 Å². The summed E-state index contributed by atoms with van der Waals surface area (Å²) in [7, 11) is 0. The Morgan fingerprint density at radius 1 is 1.18 bits per heavy atom. The van der Waals surface area contributed by atoms with Crippen molar-refractivity contribution in [1.29, 1.82) is 0 Å². The minimum absolute atomic E-state index is 0.120. The first-order valence-electron chi connectivity index (χ1n) is 11.1. The molecule has 2 N–H and O–H groups in total.